The smallest absolute Gasteiger partial charge is 0.331 e. The van der Waals surface area contributed by atoms with E-state index in [9.17, 15) is 19.2 Å². The maximum atomic E-state index is 11.7. The molecule has 100 valence electrons. The molecule has 1 heterocycles. The molecule has 1 aromatic rings. The van der Waals surface area contributed by atoms with Crippen molar-refractivity contribution in [1.29, 1.82) is 5.26 Å². The zero-order chi connectivity index (χ0) is 14.6. The summed E-state index contributed by atoms with van der Waals surface area (Å²) in [6.45, 7) is 0.648. The molecule has 0 unspecified atom stereocenters. The number of aromatic nitrogens is 2. The van der Waals surface area contributed by atoms with Gasteiger partial charge in [0, 0.05) is 13.2 Å². The molecular weight excluding hydrogens is 252 g/mol. The lowest BCUT2D eigenvalue weighted by atomic mass is 10.2. The third-order valence-corrected chi connectivity index (χ3v) is 2.41. The predicted octanol–water partition coefficient (Wildman–Crippen LogP) is -1.61. The lowest BCUT2D eigenvalue weighted by Crippen LogP contribution is -2.42. The number of amides is 1. The van der Waals surface area contributed by atoms with Crippen molar-refractivity contribution in [2.45, 2.75) is 13.5 Å². The molecule has 0 fully saturated rings. The first-order chi connectivity index (χ1) is 8.88. The van der Waals surface area contributed by atoms with Crippen molar-refractivity contribution in [1.82, 2.24) is 14.5 Å². The Morgan fingerprint density at radius 2 is 2.05 bits per heavy atom. The summed E-state index contributed by atoms with van der Waals surface area (Å²) in [6.07, 6.45) is 1.05. The lowest BCUT2D eigenvalue weighted by Gasteiger charge is -2.08. The summed E-state index contributed by atoms with van der Waals surface area (Å²) in [7, 11) is 1.22. The van der Waals surface area contributed by atoms with Crippen LogP contribution in [0.15, 0.2) is 15.8 Å². The van der Waals surface area contributed by atoms with Crippen LogP contribution in [-0.4, -0.2) is 27.4 Å². The Morgan fingerprint density at radius 3 is 2.58 bits per heavy atom. The first-order valence-corrected chi connectivity index (χ1v) is 5.33. The fourth-order valence-electron chi connectivity index (χ4n) is 1.43. The van der Waals surface area contributed by atoms with Gasteiger partial charge in [-0.3, -0.25) is 23.5 Å². The van der Waals surface area contributed by atoms with E-state index in [4.69, 9.17) is 5.26 Å². The molecule has 1 N–H and O–H groups in total. The molecule has 0 atom stereocenters. The van der Waals surface area contributed by atoms with E-state index in [-0.39, 0.29) is 18.7 Å². The van der Waals surface area contributed by atoms with Crippen molar-refractivity contribution in [3.05, 3.63) is 32.6 Å². The molecule has 0 aliphatic rings. The number of hydrogen-bond acceptors (Lipinski definition) is 5. The zero-order valence-corrected chi connectivity index (χ0v) is 10.5. The molecular formula is C11H12N4O4. The average molecular weight is 264 g/mol. The molecule has 0 aliphatic heterocycles. The van der Waals surface area contributed by atoms with Gasteiger partial charge in [-0.15, -0.1) is 0 Å². The van der Waals surface area contributed by atoms with Gasteiger partial charge >= 0.3 is 5.69 Å². The van der Waals surface area contributed by atoms with Crippen LogP contribution in [0.3, 0.4) is 0 Å². The summed E-state index contributed by atoms with van der Waals surface area (Å²) in [5.74, 6) is -1.05. The van der Waals surface area contributed by atoms with Crippen molar-refractivity contribution in [3.8, 4) is 6.07 Å². The monoisotopic (exact) mass is 264 g/mol. The number of rotatable bonds is 4. The standard InChI is InChI=1S/C11H12N4O4/c1-7(16)8-5-15(6-9(17)13-4-3-12)11(19)14(2)10(8)18/h5H,4,6H2,1-2H3,(H,13,17). The molecule has 1 aromatic heterocycles. The van der Waals surface area contributed by atoms with E-state index in [1.807, 2.05) is 0 Å². The van der Waals surface area contributed by atoms with Crippen LogP contribution in [0.25, 0.3) is 0 Å². The quantitative estimate of drug-likeness (QED) is 0.519. The Labute approximate surface area is 107 Å². The molecule has 0 saturated heterocycles. The van der Waals surface area contributed by atoms with Crippen molar-refractivity contribution in [2.75, 3.05) is 6.54 Å². The van der Waals surface area contributed by atoms with Gasteiger partial charge in [0.15, 0.2) is 5.78 Å². The number of nitrogens with one attached hydrogen (secondary N) is 1. The van der Waals surface area contributed by atoms with E-state index in [0.717, 1.165) is 15.3 Å². The second-order valence-corrected chi connectivity index (χ2v) is 3.81. The van der Waals surface area contributed by atoms with E-state index < -0.39 is 22.9 Å². The number of nitrogens with zero attached hydrogens (tertiary/aromatic N) is 3. The Bertz CT molecular complexity index is 677. The van der Waals surface area contributed by atoms with E-state index >= 15 is 0 Å². The second kappa shape index (κ2) is 5.77. The normalized spacial score (nSPS) is 9.74. The molecule has 0 aliphatic carbocycles. The third-order valence-electron chi connectivity index (χ3n) is 2.41. The molecule has 8 nitrogen and oxygen atoms in total. The van der Waals surface area contributed by atoms with Gasteiger partial charge in [0.25, 0.3) is 5.56 Å². The van der Waals surface area contributed by atoms with Crippen LogP contribution in [-0.2, 0) is 18.4 Å². The van der Waals surface area contributed by atoms with Gasteiger partial charge in [-0.1, -0.05) is 0 Å². The summed E-state index contributed by atoms with van der Waals surface area (Å²) < 4.78 is 1.71. The SMILES string of the molecule is CC(=O)c1cn(CC(=O)NCC#N)c(=O)n(C)c1=O. The molecule has 8 heteroatoms. The van der Waals surface area contributed by atoms with Gasteiger partial charge < -0.3 is 5.32 Å². The molecule has 0 bridgehead atoms. The average Bonchev–Trinajstić information content (AvgIpc) is 2.36. The summed E-state index contributed by atoms with van der Waals surface area (Å²) in [5, 5.41) is 10.6. The van der Waals surface area contributed by atoms with Gasteiger partial charge in [-0.25, -0.2) is 4.79 Å². The predicted molar refractivity (Wildman–Crippen MR) is 64.6 cm³/mol. The van der Waals surface area contributed by atoms with E-state index in [1.165, 1.54) is 14.0 Å². The number of carbonyl (C=O) groups excluding carboxylic acids is 2. The van der Waals surface area contributed by atoms with Crippen molar-refractivity contribution >= 4 is 11.7 Å². The van der Waals surface area contributed by atoms with Gasteiger partial charge in [0.2, 0.25) is 5.91 Å². The summed E-state index contributed by atoms with van der Waals surface area (Å²) in [4.78, 5) is 46.0. The van der Waals surface area contributed by atoms with Crippen LogP contribution in [0, 0.1) is 11.3 Å². The molecule has 0 saturated carbocycles. The number of nitriles is 1. The third kappa shape index (κ3) is 3.16. The molecule has 0 spiro atoms. The first-order valence-electron chi connectivity index (χ1n) is 5.33. The van der Waals surface area contributed by atoms with Crippen molar-refractivity contribution < 1.29 is 9.59 Å². The minimum absolute atomic E-state index is 0.171. The molecule has 1 amide bonds. The van der Waals surface area contributed by atoms with E-state index in [0.29, 0.717) is 0 Å². The van der Waals surface area contributed by atoms with E-state index in [2.05, 4.69) is 5.32 Å². The van der Waals surface area contributed by atoms with Gasteiger partial charge in [-0.05, 0) is 6.92 Å². The minimum atomic E-state index is -0.706. The maximum absolute atomic E-state index is 11.7. The number of carbonyl (C=O) groups is 2. The van der Waals surface area contributed by atoms with E-state index in [1.54, 1.807) is 6.07 Å². The fourth-order valence-corrected chi connectivity index (χ4v) is 1.43. The highest BCUT2D eigenvalue weighted by Crippen LogP contribution is 1.91. The van der Waals surface area contributed by atoms with Gasteiger partial charge in [0.05, 0.1) is 11.6 Å². The van der Waals surface area contributed by atoms with Gasteiger partial charge in [-0.2, -0.15) is 5.26 Å². The first kappa shape index (κ1) is 14.4. The van der Waals surface area contributed by atoms with Crippen LogP contribution in [0.5, 0.6) is 0 Å². The van der Waals surface area contributed by atoms with Gasteiger partial charge in [0.1, 0.15) is 13.1 Å². The molecule has 0 aromatic carbocycles. The molecule has 19 heavy (non-hydrogen) atoms. The van der Waals surface area contributed by atoms with Crippen LogP contribution >= 0.6 is 0 Å². The number of Topliss-reactive ketones (excluding diaryl/α,β-unsaturated/α-hetero) is 1. The Kier molecular flexibility index (Phi) is 4.36. The number of hydrogen-bond donors (Lipinski definition) is 1. The lowest BCUT2D eigenvalue weighted by molar-refractivity contribution is -0.121. The highest BCUT2D eigenvalue weighted by atomic mass is 16.2. The Morgan fingerprint density at radius 1 is 1.42 bits per heavy atom. The summed E-state index contributed by atoms with van der Waals surface area (Å²) >= 11 is 0. The van der Waals surface area contributed by atoms with Crippen molar-refractivity contribution in [3.63, 3.8) is 0 Å². The second-order valence-electron chi connectivity index (χ2n) is 3.81. The maximum Gasteiger partial charge on any atom is 0.331 e. The molecule has 0 radical (unpaired) electrons. The Balaban J connectivity index is 3.20. The van der Waals surface area contributed by atoms with Crippen LogP contribution in [0.1, 0.15) is 17.3 Å². The highest BCUT2D eigenvalue weighted by molar-refractivity contribution is 5.93. The number of ketones is 1. The highest BCUT2D eigenvalue weighted by Gasteiger charge is 2.13. The zero-order valence-electron chi connectivity index (χ0n) is 10.5. The summed E-state index contributed by atoms with van der Waals surface area (Å²) in [6, 6.07) is 1.72. The molecule has 1 rings (SSSR count). The minimum Gasteiger partial charge on any atom is -0.341 e. The fraction of sp³-hybridized carbons (Fsp3) is 0.364. The summed E-state index contributed by atoms with van der Waals surface area (Å²) in [5.41, 5.74) is -1.58. The Hall–Kier alpha value is -2.69. The topological polar surface area (TPSA) is 114 Å². The van der Waals surface area contributed by atoms with Crippen LogP contribution in [0.4, 0.5) is 0 Å². The van der Waals surface area contributed by atoms with Crippen LogP contribution < -0.4 is 16.6 Å². The van der Waals surface area contributed by atoms with Crippen molar-refractivity contribution in [2.24, 2.45) is 7.05 Å². The van der Waals surface area contributed by atoms with Crippen LogP contribution in [0.2, 0.25) is 0 Å². The largest absolute Gasteiger partial charge is 0.341 e.